The minimum absolute atomic E-state index is 0.0304. The topological polar surface area (TPSA) is 52.6 Å². The van der Waals surface area contributed by atoms with Crippen LogP contribution in [0.25, 0.3) is 0 Å². The van der Waals surface area contributed by atoms with E-state index < -0.39 is 8.32 Å². The summed E-state index contributed by atoms with van der Waals surface area (Å²) >= 11 is 0. The number of hydrogen-bond acceptors (Lipinski definition) is 4. The van der Waals surface area contributed by atoms with Gasteiger partial charge in [-0.05, 0) is 109 Å². The Labute approximate surface area is 253 Å². The molecule has 4 fully saturated rings. The minimum atomic E-state index is -1.76. The fraction of sp³-hybridized carbons (Fsp3) is 0.889. The average molecular weight is 587 g/mol. The van der Waals surface area contributed by atoms with Crippen molar-refractivity contribution in [3.63, 3.8) is 0 Å². The number of hydrogen-bond donors (Lipinski definition) is 0. The van der Waals surface area contributed by atoms with Gasteiger partial charge in [0.15, 0.2) is 8.32 Å². The maximum atomic E-state index is 12.5. The lowest BCUT2D eigenvalue weighted by molar-refractivity contribution is -0.189. The molecule has 4 aliphatic rings. The molecule has 5 heteroatoms. The van der Waals surface area contributed by atoms with Crippen LogP contribution < -0.4 is 0 Å². The van der Waals surface area contributed by atoms with E-state index in [0.29, 0.717) is 53.6 Å². The predicted molar refractivity (Wildman–Crippen MR) is 171 cm³/mol. The Hall–Kier alpha value is -0.943. The van der Waals surface area contributed by atoms with E-state index in [-0.39, 0.29) is 27.9 Å². The van der Waals surface area contributed by atoms with Crippen molar-refractivity contribution in [3.05, 3.63) is 12.2 Å². The molecule has 0 spiro atoms. The zero-order chi connectivity index (χ0) is 30.4. The highest BCUT2D eigenvalue weighted by atomic mass is 28.4. The standard InChI is InChI=1S/C36H62O4Si/c1-11-12-26(23-39-41(9,10)34(4,5)6)14-13-24(2)29-15-16-30-33-31(18-20-36(29,30)8)35(7)19-17-28(38)21-27(35)22-32(33)40-25(3)37/h13-14,24,26-27,29-33H,11-12,15-23H2,1-10H3/t24-,26-,27-,29-,30?,31?,32-,33?,35+,36-/m1/s1. The van der Waals surface area contributed by atoms with Gasteiger partial charge < -0.3 is 9.16 Å². The van der Waals surface area contributed by atoms with Crippen molar-refractivity contribution in [2.24, 2.45) is 52.3 Å². The first-order valence-corrected chi connectivity index (χ1v) is 20.0. The van der Waals surface area contributed by atoms with Crippen LogP contribution in [0.4, 0.5) is 0 Å². The van der Waals surface area contributed by atoms with Gasteiger partial charge in [0.2, 0.25) is 0 Å². The fourth-order valence-corrected chi connectivity index (χ4v) is 10.9. The average Bonchev–Trinajstić information content (AvgIpc) is 3.22. The number of carbonyl (C=O) groups is 2. The fourth-order valence-electron chi connectivity index (χ4n) is 9.83. The van der Waals surface area contributed by atoms with Gasteiger partial charge in [0, 0.05) is 32.3 Å². The van der Waals surface area contributed by atoms with Crippen LogP contribution in [0.1, 0.15) is 120 Å². The van der Waals surface area contributed by atoms with Gasteiger partial charge in [-0.2, -0.15) is 0 Å². The zero-order valence-electron chi connectivity index (χ0n) is 28.2. The minimum Gasteiger partial charge on any atom is -0.462 e. The van der Waals surface area contributed by atoms with Crippen LogP contribution in [0.3, 0.4) is 0 Å². The third-order valence-electron chi connectivity index (χ3n) is 13.3. The molecule has 0 aromatic rings. The van der Waals surface area contributed by atoms with Gasteiger partial charge in [-0.15, -0.1) is 0 Å². The molecule has 41 heavy (non-hydrogen) atoms. The van der Waals surface area contributed by atoms with Crippen molar-refractivity contribution < 1.29 is 18.8 Å². The molecule has 0 bridgehead atoms. The first-order chi connectivity index (χ1) is 19.0. The maximum absolute atomic E-state index is 12.5. The summed E-state index contributed by atoms with van der Waals surface area (Å²) in [7, 11) is -1.76. The molecule has 0 aromatic carbocycles. The number of Topliss-reactive ketones (excluding diaryl/α,β-unsaturated/α-hetero) is 1. The van der Waals surface area contributed by atoms with Crippen molar-refractivity contribution in [1.29, 1.82) is 0 Å². The number of allylic oxidation sites excluding steroid dienone is 1. The van der Waals surface area contributed by atoms with Gasteiger partial charge in [0.1, 0.15) is 11.9 Å². The summed E-state index contributed by atoms with van der Waals surface area (Å²) in [6, 6.07) is 0. The molecule has 10 atom stereocenters. The highest BCUT2D eigenvalue weighted by Crippen LogP contribution is 2.68. The van der Waals surface area contributed by atoms with E-state index in [2.05, 4.69) is 73.7 Å². The lowest BCUT2D eigenvalue weighted by atomic mass is 9.43. The molecule has 0 heterocycles. The van der Waals surface area contributed by atoms with E-state index in [1.54, 1.807) is 6.92 Å². The summed E-state index contributed by atoms with van der Waals surface area (Å²) in [5, 5.41) is 0.236. The van der Waals surface area contributed by atoms with E-state index >= 15 is 0 Å². The smallest absolute Gasteiger partial charge is 0.302 e. The van der Waals surface area contributed by atoms with Crippen molar-refractivity contribution >= 4 is 20.1 Å². The van der Waals surface area contributed by atoms with Crippen LogP contribution in [-0.2, 0) is 18.8 Å². The molecule has 0 aromatic heterocycles. The van der Waals surface area contributed by atoms with Crippen molar-refractivity contribution in [1.82, 2.24) is 0 Å². The summed E-state index contributed by atoms with van der Waals surface area (Å²) in [6.45, 7) is 23.9. The zero-order valence-corrected chi connectivity index (χ0v) is 29.2. The van der Waals surface area contributed by atoms with Gasteiger partial charge in [-0.1, -0.05) is 67.0 Å². The van der Waals surface area contributed by atoms with E-state index in [1.807, 2.05) is 0 Å². The Kier molecular flexibility index (Phi) is 9.82. The monoisotopic (exact) mass is 586 g/mol. The van der Waals surface area contributed by atoms with Crippen LogP contribution in [0.2, 0.25) is 18.1 Å². The highest BCUT2D eigenvalue weighted by Gasteiger charge is 2.63. The molecule has 4 nitrogen and oxygen atoms in total. The van der Waals surface area contributed by atoms with Gasteiger partial charge in [-0.25, -0.2) is 0 Å². The second kappa shape index (κ2) is 12.2. The third-order valence-corrected chi connectivity index (χ3v) is 17.8. The molecule has 234 valence electrons. The molecule has 3 unspecified atom stereocenters. The Morgan fingerprint density at radius 2 is 1.76 bits per heavy atom. The van der Waals surface area contributed by atoms with Crippen LogP contribution in [0, 0.1) is 52.3 Å². The van der Waals surface area contributed by atoms with Crippen molar-refractivity contribution in [2.45, 2.75) is 144 Å². The summed E-state index contributed by atoms with van der Waals surface area (Å²) in [5.41, 5.74) is 0.479. The molecule has 0 aliphatic heterocycles. The number of esters is 1. The lowest BCUT2D eigenvalue weighted by Gasteiger charge is -2.62. The van der Waals surface area contributed by atoms with Crippen molar-refractivity contribution in [2.75, 3.05) is 6.61 Å². The van der Waals surface area contributed by atoms with Crippen LogP contribution in [0.15, 0.2) is 12.2 Å². The van der Waals surface area contributed by atoms with E-state index in [1.165, 1.54) is 38.5 Å². The van der Waals surface area contributed by atoms with Crippen LogP contribution in [-0.4, -0.2) is 32.8 Å². The first-order valence-electron chi connectivity index (χ1n) is 17.0. The maximum Gasteiger partial charge on any atom is 0.302 e. The molecular formula is C36H62O4Si. The van der Waals surface area contributed by atoms with E-state index in [0.717, 1.165) is 25.9 Å². The number of rotatable bonds is 9. The SMILES string of the molecule is CCC[C@H](C=C[C@@H](C)[C@H]1CCC2C3C(CC[C@@]21C)[C@@]1(C)CCC(=O)C[C@@H]1C[C@H]3OC(C)=O)CO[Si](C)(C)C(C)(C)C. The molecule has 4 rings (SSSR count). The number of fused-ring (bicyclic) bond motifs is 5. The summed E-state index contributed by atoms with van der Waals surface area (Å²) in [5.74, 6) is 3.86. The molecule has 0 amide bonds. The van der Waals surface area contributed by atoms with Gasteiger partial charge in [0.25, 0.3) is 0 Å². The largest absolute Gasteiger partial charge is 0.462 e. The van der Waals surface area contributed by atoms with Crippen molar-refractivity contribution in [3.8, 4) is 0 Å². The predicted octanol–water partition coefficient (Wildman–Crippen LogP) is 9.39. The molecule has 0 radical (unpaired) electrons. The lowest BCUT2D eigenvalue weighted by Crippen LogP contribution is -2.59. The number of ketones is 1. The van der Waals surface area contributed by atoms with Gasteiger partial charge >= 0.3 is 5.97 Å². The van der Waals surface area contributed by atoms with Crippen LogP contribution >= 0.6 is 0 Å². The first kappa shape index (κ1) is 33.0. The third kappa shape index (κ3) is 6.47. The van der Waals surface area contributed by atoms with E-state index in [9.17, 15) is 9.59 Å². The quantitative estimate of drug-likeness (QED) is 0.153. The number of carbonyl (C=O) groups excluding carboxylic acids is 2. The Bertz CT molecular complexity index is 981. The molecule has 0 N–H and O–H groups in total. The Morgan fingerprint density at radius 3 is 2.39 bits per heavy atom. The Balaban J connectivity index is 1.51. The summed E-state index contributed by atoms with van der Waals surface area (Å²) in [4.78, 5) is 24.8. The van der Waals surface area contributed by atoms with Gasteiger partial charge in [-0.3, -0.25) is 9.59 Å². The van der Waals surface area contributed by atoms with Crippen LogP contribution in [0.5, 0.6) is 0 Å². The highest BCUT2D eigenvalue weighted by molar-refractivity contribution is 6.74. The second-order valence-electron chi connectivity index (χ2n) is 16.7. The summed E-state index contributed by atoms with van der Waals surface area (Å²) < 4.78 is 12.8. The normalized spacial score (nSPS) is 39.1. The molecule has 4 saturated carbocycles. The molecular weight excluding hydrogens is 524 g/mol. The summed E-state index contributed by atoms with van der Waals surface area (Å²) in [6.07, 6.45) is 15.7. The molecule has 0 saturated heterocycles. The van der Waals surface area contributed by atoms with E-state index in [4.69, 9.17) is 9.16 Å². The molecule has 4 aliphatic carbocycles. The Morgan fingerprint density at radius 1 is 1.07 bits per heavy atom. The second-order valence-corrected chi connectivity index (χ2v) is 21.5. The number of ether oxygens (including phenoxy) is 1. The van der Waals surface area contributed by atoms with Gasteiger partial charge in [0.05, 0.1) is 0 Å².